The Hall–Kier alpha value is -1.39. The molecule has 4 heteroatoms. The standard InChI is InChI=1S/C61H117NO3/c1-3-5-7-9-11-13-15-17-19-21-22-23-24-25-26-27-28-29-30-31-32-33-34-35-36-37-38-39-40-41-43-45-47-49-51-53-55-57-61(65)62-59(58-63)60(64)56-54-52-50-48-46-44-42-20-18-16-14-12-10-8-6-4-2/h26-27,29-30,54,56,59-60,63-64H,3-25,28,31-53,55,57-58H2,1-2H3,(H,62,65)/b27-26-,30-29-,56-54+. The van der Waals surface area contributed by atoms with Gasteiger partial charge in [0.25, 0.3) is 0 Å². The summed E-state index contributed by atoms with van der Waals surface area (Å²) in [4.78, 5) is 12.5. The fraction of sp³-hybridized carbons (Fsp3) is 0.885. The van der Waals surface area contributed by atoms with Crippen LogP contribution in [0.1, 0.15) is 328 Å². The number of nitrogens with one attached hydrogen (secondary N) is 1. The number of rotatable bonds is 55. The normalized spacial score (nSPS) is 13.0. The first-order chi connectivity index (χ1) is 32.2. The monoisotopic (exact) mass is 912 g/mol. The second-order valence-corrected chi connectivity index (χ2v) is 20.4. The van der Waals surface area contributed by atoms with Crippen LogP contribution in [0.25, 0.3) is 0 Å². The molecule has 0 aliphatic carbocycles. The van der Waals surface area contributed by atoms with E-state index >= 15 is 0 Å². The van der Waals surface area contributed by atoms with Gasteiger partial charge in [0.1, 0.15) is 0 Å². The van der Waals surface area contributed by atoms with E-state index in [1.54, 1.807) is 6.08 Å². The third kappa shape index (κ3) is 53.4. The fourth-order valence-corrected chi connectivity index (χ4v) is 9.33. The number of unbranched alkanes of at least 4 members (excludes halogenated alkanes) is 44. The van der Waals surface area contributed by atoms with Crippen molar-refractivity contribution in [1.29, 1.82) is 0 Å². The first-order valence-corrected chi connectivity index (χ1v) is 29.7. The zero-order valence-corrected chi connectivity index (χ0v) is 44.3. The SMILES string of the molecule is CCCCCCCCCCCCCCC/C=C\C/C=C\CCCCCCCCCCCCCCCCCCCC(=O)NC(CO)C(O)/C=C/CCCCCCCCCCCCCCCC. The van der Waals surface area contributed by atoms with E-state index < -0.39 is 12.1 Å². The van der Waals surface area contributed by atoms with Gasteiger partial charge >= 0.3 is 0 Å². The smallest absolute Gasteiger partial charge is 0.220 e. The van der Waals surface area contributed by atoms with Crippen molar-refractivity contribution >= 4 is 5.91 Å². The van der Waals surface area contributed by atoms with Crippen LogP contribution in [0.5, 0.6) is 0 Å². The van der Waals surface area contributed by atoms with Gasteiger partial charge in [-0.05, 0) is 51.4 Å². The van der Waals surface area contributed by atoms with Gasteiger partial charge in [-0.1, -0.05) is 307 Å². The Kier molecular flexibility index (Phi) is 55.7. The maximum atomic E-state index is 12.5. The third-order valence-corrected chi connectivity index (χ3v) is 13.9. The van der Waals surface area contributed by atoms with Crippen molar-refractivity contribution in [2.75, 3.05) is 6.61 Å². The molecule has 0 aromatic rings. The van der Waals surface area contributed by atoms with Crippen LogP contribution < -0.4 is 5.32 Å². The van der Waals surface area contributed by atoms with Crippen LogP contribution in [0.15, 0.2) is 36.5 Å². The molecule has 0 fully saturated rings. The molecule has 0 aromatic heterocycles. The highest BCUT2D eigenvalue weighted by atomic mass is 16.3. The highest BCUT2D eigenvalue weighted by molar-refractivity contribution is 5.76. The van der Waals surface area contributed by atoms with Gasteiger partial charge < -0.3 is 15.5 Å². The molecule has 0 bridgehead atoms. The second kappa shape index (κ2) is 56.9. The molecule has 2 atom stereocenters. The number of amides is 1. The van der Waals surface area contributed by atoms with Crippen LogP contribution >= 0.6 is 0 Å². The minimum atomic E-state index is -0.838. The average molecular weight is 913 g/mol. The fourth-order valence-electron chi connectivity index (χ4n) is 9.33. The highest BCUT2D eigenvalue weighted by Gasteiger charge is 2.18. The summed E-state index contributed by atoms with van der Waals surface area (Å²) < 4.78 is 0. The average Bonchev–Trinajstić information content (AvgIpc) is 3.31. The van der Waals surface area contributed by atoms with Gasteiger partial charge in [0, 0.05) is 6.42 Å². The van der Waals surface area contributed by atoms with Crippen molar-refractivity contribution < 1.29 is 15.0 Å². The van der Waals surface area contributed by atoms with Crippen LogP contribution in [-0.2, 0) is 4.79 Å². The molecule has 0 heterocycles. The topological polar surface area (TPSA) is 69.6 Å². The molecule has 0 saturated heterocycles. The molecule has 0 aliphatic heterocycles. The number of hydrogen-bond acceptors (Lipinski definition) is 3. The van der Waals surface area contributed by atoms with Crippen molar-refractivity contribution in [3.8, 4) is 0 Å². The summed E-state index contributed by atoms with van der Waals surface area (Å²) in [6, 6.07) is -0.621. The molecule has 4 nitrogen and oxygen atoms in total. The number of hydrogen-bond donors (Lipinski definition) is 3. The Balaban J connectivity index is 3.42. The predicted octanol–water partition coefficient (Wildman–Crippen LogP) is 19.6. The van der Waals surface area contributed by atoms with E-state index in [0.29, 0.717) is 6.42 Å². The van der Waals surface area contributed by atoms with Gasteiger partial charge in [0.15, 0.2) is 0 Å². The number of carbonyl (C=O) groups excluding carboxylic acids is 1. The molecule has 2 unspecified atom stereocenters. The Morgan fingerprint density at radius 2 is 0.631 bits per heavy atom. The zero-order chi connectivity index (χ0) is 47.0. The molecule has 3 N–H and O–H groups in total. The summed E-state index contributed by atoms with van der Waals surface area (Å²) in [7, 11) is 0. The van der Waals surface area contributed by atoms with E-state index in [4.69, 9.17) is 0 Å². The van der Waals surface area contributed by atoms with Crippen LogP contribution in [0.4, 0.5) is 0 Å². The first-order valence-electron chi connectivity index (χ1n) is 29.7. The zero-order valence-electron chi connectivity index (χ0n) is 44.3. The number of carbonyl (C=O) groups is 1. The second-order valence-electron chi connectivity index (χ2n) is 20.4. The first kappa shape index (κ1) is 63.6. The number of aliphatic hydroxyl groups excluding tert-OH is 2. The lowest BCUT2D eigenvalue weighted by Gasteiger charge is -2.20. The minimum Gasteiger partial charge on any atom is -0.394 e. The van der Waals surface area contributed by atoms with Crippen LogP contribution in [0, 0.1) is 0 Å². The number of aliphatic hydroxyl groups is 2. The van der Waals surface area contributed by atoms with Crippen molar-refractivity contribution in [3.05, 3.63) is 36.5 Å². The lowest BCUT2D eigenvalue weighted by molar-refractivity contribution is -0.123. The van der Waals surface area contributed by atoms with Crippen molar-refractivity contribution in [2.24, 2.45) is 0 Å². The summed E-state index contributed by atoms with van der Waals surface area (Å²) in [5, 5.41) is 23.1. The molecule has 1 amide bonds. The summed E-state index contributed by atoms with van der Waals surface area (Å²) >= 11 is 0. The Bertz CT molecular complexity index is 989. The Labute approximate surface area is 408 Å². The van der Waals surface area contributed by atoms with Crippen LogP contribution in [-0.4, -0.2) is 34.9 Å². The largest absolute Gasteiger partial charge is 0.394 e. The van der Waals surface area contributed by atoms with Crippen molar-refractivity contribution in [2.45, 2.75) is 341 Å². The van der Waals surface area contributed by atoms with Gasteiger partial charge in [0.05, 0.1) is 18.8 Å². The van der Waals surface area contributed by atoms with Gasteiger partial charge in [-0.3, -0.25) is 4.79 Å². The molecular weight excluding hydrogens is 795 g/mol. The summed E-state index contributed by atoms with van der Waals surface area (Å²) in [6.07, 6.45) is 77.6. The minimum absolute atomic E-state index is 0.0596. The lowest BCUT2D eigenvalue weighted by atomic mass is 10.0. The predicted molar refractivity (Wildman–Crippen MR) is 290 cm³/mol. The van der Waals surface area contributed by atoms with Crippen molar-refractivity contribution in [3.63, 3.8) is 0 Å². The highest BCUT2D eigenvalue weighted by Crippen LogP contribution is 2.17. The molecule has 0 aromatic carbocycles. The van der Waals surface area contributed by atoms with Gasteiger partial charge in [-0.25, -0.2) is 0 Å². The Morgan fingerprint density at radius 1 is 0.369 bits per heavy atom. The molecular formula is C61H117NO3. The van der Waals surface area contributed by atoms with Crippen LogP contribution in [0.3, 0.4) is 0 Å². The van der Waals surface area contributed by atoms with Gasteiger partial charge in [0.2, 0.25) is 5.91 Å². The summed E-state index contributed by atoms with van der Waals surface area (Å²) in [5.74, 6) is -0.0596. The Morgan fingerprint density at radius 3 is 0.923 bits per heavy atom. The lowest BCUT2D eigenvalue weighted by Crippen LogP contribution is -2.45. The van der Waals surface area contributed by atoms with E-state index in [-0.39, 0.29) is 12.5 Å². The molecule has 65 heavy (non-hydrogen) atoms. The molecule has 0 saturated carbocycles. The maximum absolute atomic E-state index is 12.5. The molecule has 0 radical (unpaired) electrons. The van der Waals surface area contributed by atoms with E-state index in [0.717, 1.165) is 32.1 Å². The molecule has 0 rings (SSSR count). The number of allylic oxidation sites excluding steroid dienone is 5. The van der Waals surface area contributed by atoms with Gasteiger partial charge in [-0.2, -0.15) is 0 Å². The van der Waals surface area contributed by atoms with E-state index in [1.165, 1.54) is 276 Å². The van der Waals surface area contributed by atoms with Gasteiger partial charge in [-0.15, -0.1) is 0 Å². The maximum Gasteiger partial charge on any atom is 0.220 e. The summed E-state index contributed by atoms with van der Waals surface area (Å²) in [5.41, 5.74) is 0. The van der Waals surface area contributed by atoms with Crippen LogP contribution in [0.2, 0.25) is 0 Å². The van der Waals surface area contributed by atoms with E-state index in [1.807, 2.05) is 6.08 Å². The van der Waals surface area contributed by atoms with Crippen molar-refractivity contribution in [1.82, 2.24) is 5.32 Å². The van der Waals surface area contributed by atoms with E-state index in [2.05, 4.69) is 43.5 Å². The molecule has 0 aliphatic rings. The molecule has 384 valence electrons. The third-order valence-electron chi connectivity index (χ3n) is 13.9. The summed E-state index contributed by atoms with van der Waals surface area (Å²) in [6.45, 7) is 4.34. The van der Waals surface area contributed by atoms with E-state index in [9.17, 15) is 15.0 Å². The quantitative estimate of drug-likeness (QED) is 0.0421. The molecule has 0 spiro atoms.